The van der Waals surface area contributed by atoms with Gasteiger partial charge in [0, 0.05) is 6.04 Å². The third-order valence-electron chi connectivity index (χ3n) is 2.02. The van der Waals surface area contributed by atoms with E-state index >= 15 is 0 Å². The van der Waals surface area contributed by atoms with Crippen molar-refractivity contribution < 1.29 is 4.79 Å². The number of carbonyl (C=O) groups excluding carboxylic acids is 1. The van der Waals surface area contributed by atoms with Crippen LogP contribution in [0.2, 0.25) is 0 Å². The third kappa shape index (κ3) is 2.04. The number of hydrogen-bond donors (Lipinski definition) is 1. The van der Waals surface area contributed by atoms with Crippen molar-refractivity contribution in [2.24, 2.45) is 0 Å². The Morgan fingerprint density at radius 1 is 1.64 bits per heavy atom. The van der Waals surface area contributed by atoms with Gasteiger partial charge in [0.2, 0.25) is 0 Å². The van der Waals surface area contributed by atoms with Crippen LogP contribution in [0, 0.1) is 0 Å². The number of thioether (sulfide) groups is 1. The van der Waals surface area contributed by atoms with Gasteiger partial charge in [0.15, 0.2) is 12.1 Å². The number of nitrogens with one attached hydrogen (secondary N) is 1. The maximum absolute atomic E-state index is 10.7. The zero-order chi connectivity index (χ0) is 9.97. The SMILES string of the molecule is CSc1cnc(NC2CC2)c(C=O)n1. The molecule has 1 saturated carbocycles. The first-order valence-corrected chi connectivity index (χ1v) is 5.68. The van der Waals surface area contributed by atoms with E-state index in [9.17, 15) is 4.79 Å². The van der Waals surface area contributed by atoms with Gasteiger partial charge in [0.25, 0.3) is 0 Å². The van der Waals surface area contributed by atoms with Crippen molar-refractivity contribution >= 4 is 23.9 Å². The quantitative estimate of drug-likeness (QED) is 0.602. The second-order valence-electron chi connectivity index (χ2n) is 3.18. The lowest BCUT2D eigenvalue weighted by Gasteiger charge is -2.05. The van der Waals surface area contributed by atoms with Crippen LogP contribution in [0.1, 0.15) is 23.3 Å². The summed E-state index contributed by atoms with van der Waals surface area (Å²) in [6.45, 7) is 0. The Morgan fingerprint density at radius 3 is 3.00 bits per heavy atom. The van der Waals surface area contributed by atoms with Gasteiger partial charge in [0.05, 0.1) is 6.20 Å². The lowest BCUT2D eigenvalue weighted by molar-refractivity contribution is 0.111. The predicted octanol–water partition coefficient (Wildman–Crippen LogP) is 1.59. The van der Waals surface area contributed by atoms with Crippen molar-refractivity contribution in [2.45, 2.75) is 23.9 Å². The Kier molecular flexibility index (Phi) is 2.67. The molecule has 0 aliphatic heterocycles. The molecule has 2 rings (SSSR count). The summed E-state index contributed by atoms with van der Waals surface area (Å²) in [5.74, 6) is 0.611. The van der Waals surface area contributed by atoms with E-state index in [4.69, 9.17) is 0 Å². The van der Waals surface area contributed by atoms with Gasteiger partial charge in [-0.2, -0.15) is 0 Å². The van der Waals surface area contributed by atoms with E-state index < -0.39 is 0 Å². The van der Waals surface area contributed by atoms with E-state index in [0.29, 0.717) is 17.6 Å². The maximum Gasteiger partial charge on any atom is 0.172 e. The fourth-order valence-electron chi connectivity index (χ4n) is 1.10. The molecule has 1 heterocycles. The van der Waals surface area contributed by atoms with Gasteiger partial charge in [-0.3, -0.25) is 4.79 Å². The molecule has 0 aromatic carbocycles. The monoisotopic (exact) mass is 209 g/mol. The van der Waals surface area contributed by atoms with Crippen LogP contribution in [0.15, 0.2) is 11.2 Å². The van der Waals surface area contributed by atoms with Gasteiger partial charge in [0.1, 0.15) is 10.7 Å². The molecule has 1 aliphatic rings. The van der Waals surface area contributed by atoms with Crippen LogP contribution in [0.5, 0.6) is 0 Å². The molecule has 74 valence electrons. The van der Waals surface area contributed by atoms with E-state index in [1.807, 2.05) is 6.26 Å². The van der Waals surface area contributed by atoms with Crippen LogP contribution in [-0.4, -0.2) is 28.6 Å². The molecule has 0 radical (unpaired) electrons. The first-order valence-electron chi connectivity index (χ1n) is 4.46. The van der Waals surface area contributed by atoms with Crippen LogP contribution < -0.4 is 5.32 Å². The van der Waals surface area contributed by atoms with Gasteiger partial charge in [-0.1, -0.05) is 0 Å². The molecule has 1 aliphatic carbocycles. The minimum Gasteiger partial charge on any atom is -0.365 e. The molecule has 0 atom stereocenters. The second-order valence-corrected chi connectivity index (χ2v) is 4.01. The highest BCUT2D eigenvalue weighted by Crippen LogP contribution is 2.25. The van der Waals surface area contributed by atoms with Crippen molar-refractivity contribution in [3.8, 4) is 0 Å². The van der Waals surface area contributed by atoms with Crippen LogP contribution in [0.25, 0.3) is 0 Å². The van der Waals surface area contributed by atoms with E-state index in [1.165, 1.54) is 11.8 Å². The Bertz CT molecular complexity index is 352. The highest BCUT2D eigenvalue weighted by Gasteiger charge is 2.22. The number of hydrogen-bond acceptors (Lipinski definition) is 5. The van der Waals surface area contributed by atoms with Crippen LogP contribution >= 0.6 is 11.8 Å². The zero-order valence-electron chi connectivity index (χ0n) is 7.86. The Balaban J connectivity index is 2.23. The number of rotatable bonds is 4. The van der Waals surface area contributed by atoms with Crippen molar-refractivity contribution in [1.29, 1.82) is 0 Å². The predicted molar refractivity (Wildman–Crippen MR) is 55.8 cm³/mol. The Morgan fingerprint density at radius 2 is 2.43 bits per heavy atom. The van der Waals surface area contributed by atoms with Gasteiger partial charge in [-0.05, 0) is 19.1 Å². The molecule has 5 heteroatoms. The van der Waals surface area contributed by atoms with Crippen molar-refractivity contribution in [1.82, 2.24) is 9.97 Å². The minimum absolute atomic E-state index is 0.406. The molecule has 1 N–H and O–H groups in total. The zero-order valence-corrected chi connectivity index (χ0v) is 8.67. The summed E-state index contributed by atoms with van der Waals surface area (Å²) in [6.07, 6.45) is 6.65. The maximum atomic E-state index is 10.7. The number of aldehydes is 1. The van der Waals surface area contributed by atoms with E-state index in [0.717, 1.165) is 24.2 Å². The number of anilines is 1. The average Bonchev–Trinajstić information content (AvgIpc) is 3.02. The summed E-state index contributed by atoms with van der Waals surface area (Å²) in [5, 5.41) is 3.94. The molecule has 1 fully saturated rings. The summed E-state index contributed by atoms with van der Waals surface area (Å²) in [5.41, 5.74) is 0.406. The molecule has 14 heavy (non-hydrogen) atoms. The topological polar surface area (TPSA) is 54.9 Å². The number of carbonyl (C=O) groups is 1. The summed E-state index contributed by atoms with van der Waals surface area (Å²) in [7, 11) is 0. The molecular weight excluding hydrogens is 198 g/mol. The summed E-state index contributed by atoms with van der Waals surface area (Å²) in [4.78, 5) is 19.1. The smallest absolute Gasteiger partial charge is 0.172 e. The van der Waals surface area contributed by atoms with Crippen LogP contribution in [0.4, 0.5) is 5.82 Å². The van der Waals surface area contributed by atoms with Gasteiger partial charge >= 0.3 is 0 Å². The molecule has 4 nitrogen and oxygen atoms in total. The van der Waals surface area contributed by atoms with Gasteiger partial charge in [-0.15, -0.1) is 11.8 Å². The fraction of sp³-hybridized carbons (Fsp3) is 0.444. The van der Waals surface area contributed by atoms with E-state index in [-0.39, 0.29) is 0 Å². The largest absolute Gasteiger partial charge is 0.365 e. The summed E-state index contributed by atoms with van der Waals surface area (Å²) in [6, 6.07) is 0.489. The first kappa shape index (κ1) is 9.45. The average molecular weight is 209 g/mol. The number of aromatic nitrogens is 2. The second kappa shape index (κ2) is 3.96. The van der Waals surface area contributed by atoms with Gasteiger partial charge < -0.3 is 5.32 Å². The van der Waals surface area contributed by atoms with Crippen LogP contribution in [-0.2, 0) is 0 Å². The van der Waals surface area contributed by atoms with Crippen molar-refractivity contribution in [3.05, 3.63) is 11.9 Å². The summed E-state index contributed by atoms with van der Waals surface area (Å²) < 4.78 is 0. The molecule has 0 saturated heterocycles. The molecule has 1 aromatic rings. The molecule has 0 spiro atoms. The fourth-order valence-corrected chi connectivity index (χ4v) is 1.45. The minimum atomic E-state index is 0.406. The van der Waals surface area contributed by atoms with Crippen LogP contribution in [0.3, 0.4) is 0 Å². The highest BCUT2D eigenvalue weighted by atomic mass is 32.2. The summed E-state index contributed by atoms with van der Waals surface area (Å²) >= 11 is 1.48. The normalized spacial score (nSPS) is 15.2. The molecule has 0 amide bonds. The lowest BCUT2D eigenvalue weighted by atomic mass is 10.4. The van der Waals surface area contributed by atoms with Crippen molar-refractivity contribution in [2.75, 3.05) is 11.6 Å². The molecule has 0 bridgehead atoms. The standard InChI is InChI=1S/C9H11N3OS/c1-14-8-4-10-9(7(5-13)12-8)11-6-2-3-6/h4-6H,2-3H2,1H3,(H,10,11). The third-order valence-corrected chi connectivity index (χ3v) is 2.63. The molecular formula is C9H11N3OS. The van der Waals surface area contributed by atoms with E-state index in [1.54, 1.807) is 6.20 Å². The lowest BCUT2D eigenvalue weighted by Crippen LogP contribution is -2.07. The highest BCUT2D eigenvalue weighted by molar-refractivity contribution is 7.98. The Labute approximate surface area is 86.5 Å². The first-order chi connectivity index (χ1) is 6.83. The van der Waals surface area contributed by atoms with Crippen molar-refractivity contribution in [3.63, 3.8) is 0 Å². The Hall–Kier alpha value is -1.10. The number of nitrogens with zero attached hydrogens (tertiary/aromatic N) is 2. The van der Waals surface area contributed by atoms with Gasteiger partial charge in [-0.25, -0.2) is 9.97 Å². The molecule has 1 aromatic heterocycles. The molecule has 0 unspecified atom stereocenters. The van der Waals surface area contributed by atoms with E-state index in [2.05, 4.69) is 15.3 Å².